The number of aromatic nitrogens is 4. The molecular weight excluding hydrogens is 358 g/mol. The molecule has 3 aromatic carbocycles. The zero-order chi connectivity index (χ0) is 19.5. The molecule has 0 atom stereocenters. The molecule has 5 nitrogen and oxygen atoms in total. The molecule has 2 heterocycles. The maximum Gasteiger partial charge on any atom is 0.201 e. The summed E-state index contributed by atoms with van der Waals surface area (Å²) in [6.45, 7) is 1.53. The first-order chi connectivity index (χ1) is 14.3. The third-order valence-electron chi connectivity index (χ3n) is 5.04. The van der Waals surface area contributed by atoms with Crippen molar-refractivity contribution in [1.29, 1.82) is 0 Å². The van der Waals surface area contributed by atoms with E-state index >= 15 is 0 Å². The molecule has 0 aliphatic heterocycles. The van der Waals surface area contributed by atoms with Crippen LogP contribution < -0.4 is 5.32 Å². The summed E-state index contributed by atoms with van der Waals surface area (Å²) in [5, 5.41) is 3.42. The molecule has 0 fully saturated rings. The fraction of sp³-hybridized carbons (Fsp3) is 0.0833. The SMILES string of the molecule is c1ccc(-c2ccc(Cn3ccnc3)cc2)c(CNc2nc3ccccc3[nH]2)c1. The number of aromatic amines is 1. The number of hydrogen-bond donors (Lipinski definition) is 2. The molecule has 142 valence electrons. The van der Waals surface area contributed by atoms with E-state index in [1.807, 2.05) is 36.8 Å². The number of rotatable bonds is 6. The van der Waals surface area contributed by atoms with Gasteiger partial charge in [-0.1, -0.05) is 60.7 Å². The van der Waals surface area contributed by atoms with Crippen molar-refractivity contribution in [3.05, 3.63) is 103 Å². The Labute approximate surface area is 169 Å². The Hall–Kier alpha value is -3.86. The Bertz CT molecular complexity index is 1190. The molecular formula is C24H21N5. The summed E-state index contributed by atoms with van der Waals surface area (Å²) in [4.78, 5) is 12.0. The monoisotopic (exact) mass is 379 g/mol. The largest absolute Gasteiger partial charge is 0.352 e. The van der Waals surface area contributed by atoms with Crippen molar-refractivity contribution in [3.63, 3.8) is 0 Å². The van der Waals surface area contributed by atoms with Gasteiger partial charge < -0.3 is 14.9 Å². The Morgan fingerprint density at radius 1 is 0.897 bits per heavy atom. The van der Waals surface area contributed by atoms with E-state index in [1.165, 1.54) is 22.3 Å². The van der Waals surface area contributed by atoms with Crippen molar-refractivity contribution < 1.29 is 0 Å². The van der Waals surface area contributed by atoms with Gasteiger partial charge in [-0.25, -0.2) is 9.97 Å². The number of para-hydroxylation sites is 2. The van der Waals surface area contributed by atoms with E-state index in [0.717, 1.165) is 23.5 Å². The maximum atomic E-state index is 4.60. The van der Waals surface area contributed by atoms with Gasteiger partial charge in [0.05, 0.1) is 17.4 Å². The molecule has 2 N–H and O–H groups in total. The molecule has 0 aliphatic carbocycles. The average molecular weight is 379 g/mol. The molecule has 0 spiro atoms. The van der Waals surface area contributed by atoms with Crippen LogP contribution in [-0.4, -0.2) is 19.5 Å². The molecule has 0 amide bonds. The van der Waals surface area contributed by atoms with Gasteiger partial charge in [0.25, 0.3) is 0 Å². The van der Waals surface area contributed by atoms with Crippen LogP contribution >= 0.6 is 0 Å². The average Bonchev–Trinajstić information content (AvgIpc) is 3.42. The molecule has 5 heteroatoms. The summed E-state index contributed by atoms with van der Waals surface area (Å²) in [5.41, 5.74) is 6.93. The van der Waals surface area contributed by atoms with Gasteiger partial charge in [-0.05, 0) is 34.4 Å². The van der Waals surface area contributed by atoms with Crippen LogP contribution in [0.3, 0.4) is 0 Å². The zero-order valence-electron chi connectivity index (χ0n) is 15.9. The van der Waals surface area contributed by atoms with Crippen molar-refractivity contribution in [3.8, 4) is 11.1 Å². The lowest BCUT2D eigenvalue weighted by Crippen LogP contribution is -2.02. The van der Waals surface area contributed by atoms with Gasteiger partial charge in [0.15, 0.2) is 0 Å². The van der Waals surface area contributed by atoms with Crippen molar-refractivity contribution in [2.24, 2.45) is 0 Å². The van der Waals surface area contributed by atoms with Crippen LogP contribution in [0.1, 0.15) is 11.1 Å². The molecule has 29 heavy (non-hydrogen) atoms. The summed E-state index contributed by atoms with van der Waals surface area (Å²) in [6.07, 6.45) is 5.62. The number of anilines is 1. The van der Waals surface area contributed by atoms with E-state index in [0.29, 0.717) is 6.54 Å². The predicted octanol–water partition coefficient (Wildman–Crippen LogP) is 5.09. The minimum Gasteiger partial charge on any atom is -0.352 e. The number of fused-ring (bicyclic) bond motifs is 1. The summed E-state index contributed by atoms with van der Waals surface area (Å²) in [5.74, 6) is 0.789. The number of nitrogens with zero attached hydrogens (tertiary/aromatic N) is 3. The standard InChI is InChI=1S/C24H21N5/c1-2-6-21(19-11-9-18(10-12-19)16-29-14-13-25-17-29)20(5-1)15-26-24-27-22-7-3-4-8-23(22)28-24/h1-14,17H,15-16H2,(H2,26,27,28). The van der Waals surface area contributed by atoms with Gasteiger partial charge in [0.2, 0.25) is 5.95 Å². The smallest absolute Gasteiger partial charge is 0.201 e. The van der Waals surface area contributed by atoms with E-state index in [9.17, 15) is 0 Å². The lowest BCUT2D eigenvalue weighted by molar-refractivity contribution is 0.797. The number of imidazole rings is 2. The second kappa shape index (κ2) is 7.64. The van der Waals surface area contributed by atoms with Crippen molar-refractivity contribution >= 4 is 17.0 Å². The fourth-order valence-electron chi connectivity index (χ4n) is 3.55. The third kappa shape index (κ3) is 3.75. The quantitative estimate of drug-likeness (QED) is 0.432. The first kappa shape index (κ1) is 17.3. The zero-order valence-corrected chi connectivity index (χ0v) is 15.9. The van der Waals surface area contributed by atoms with Crippen LogP contribution in [0.2, 0.25) is 0 Å². The van der Waals surface area contributed by atoms with Gasteiger partial charge >= 0.3 is 0 Å². The van der Waals surface area contributed by atoms with E-state index < -0.39 is 0 Å². The molecule has 5 aromatic rings. The highest BCUT2D eigenvalue weighted by Gasteiger charge is 2.07. The normalized spacial score (nSPS) is 11.0. The molecule has 0 bridgehead atoms. The van der Waals surface area contributed by atoms with Gasteiger partial charge in [-0.3, -0.25) is 0 Å². The van der Waals surface area contributed by atoms with Gasteiger partial charge in [-0.15, -0.1) is 0 Å². The van der Waals surface area contributed by atoms with E-state index in [2.05, 4.69) is 73.4 Å². The van der Waals surface area contributed by atoms with Crippen molar-refractivity contribution in [1.82, 2.24) is 19.5 Å². The van der Waals surface area contributed by atoms with Gasteiger partial charge in [-0.2, -0.15) is 0 Å². The van der Waals surface area contributed by atoms with E-state index in [-0.39, 0.29) is 0 Å². The lowest BCUT2D eigenvalue weighted by atomic mass is 9.98. The van der Waals surface area contributed by atoms with Crippen LogP contribution in [0.4, 0.5) is 5.95 Å². The Kier molecular flexibility index (Phi) is 4.54. The van der Waals surface area contributed by atoms with Crippen molar-refractivity contribution in [2.75, 3.05) is 5.32 Å². The minimum atomic E-state index is 0.701. The minimum absolute atomic E-state index is 0.701. The first-order valence-corrected chi connectivity index (χ1v) is 9.67. The van der Waals surface area contributed by atoms with Crippen molar-refractivity contribution in [2.45, 2.75) is 13.1 Å². The summed E-state index contributed by atoms with van der Waals surface area (Å²) in [6, 6.07) is 25.3. The van der Waals surface area contributed by atoms with Gasteiger partial charge in [0, 0.05) is 25.5 Å². The Morgan fingerprint density at radius 3 is 2.55 bits per heavy atom. The third-order valence-corrected chi connectivity index (χ3v) is 5.04. The van der Waals surface area contributed by atoms with Gasteiger partial charge in [0.1, 0.15) is 0 Å². The molecule has 0 saturated carbocycles. The van der Waals surface area contributed by atoms with Crippen LogP contribution in [-0.2, 0) is 13.1 Å². The second-order valence-electron chi connectivity index (χ2n) is 7.05. The highest BCUT2D eigenvalue weighted by molar-refractivity contribution is 5.77. The predicted molar refractivity (Wildman–Crippen MR) is 117 cm³/mol. The summed E-state index contributed by atoms with van der Waals surface area (Å²) >= 11 is 0. The highest BCUT2D eigenvalue weighted by atomic mass is 15.1. The lowest BCUT2D eigenvalue weighted by Gasteiger charge is -2.11. The number of H-pyrrole nitrogens is 1. The van der Waals surface area contributed by atoms with Crippen LogP contribution in [0.15, 0.2) is 91.5 Å². The topological polar surface area (TPSA) is 58.5 Å². The van der Waals surface area contributed by atoms with E-state index in [4.69, 9.17) is 0 Å². The number of nitrogens with one attached hydrogen (secondary N) is 2. The summed E-state index contributed by atoms with van der Waals surface area (Å²) < 4.78 is 2.07. The van der Waals surface area contributed by atoms with Crippen LogP contribution in [0.5, 0.6) is 0 Å². The highest BCUT2D eigenvalue weighted by Crippen LogP contribution is 2.25. The Balaban J connectivity index is 1.34. The summed E-state index contributed by atoms with van der Waals surface area (Å²) in [7, 11) is 0. The van der Waals surface area contributed by atoms with Crippen LogP contribution in [0.25, 0.3) is 22.2 Å². The number of hydrogen-bond acceptors (Lipinski definition) is 3. The molecule has 0 unspecified atom stereocenters. The molecule has 0 aliphatic rings. The second-order valence-corrected chi connectivity index (χ2v) is 7.05. The maximum absolute atomic E-state index is 4.60. The van der Waals surface area contributed by atoms with E-state index in [1.54, 1.807) is 6.20 Å². The Morgan fingerprint density at radius 2 is 1.72 bits per heavy atom. The first-order valence-electron chi connectivity index (χ1n) is 9.67. The molecule has 2 aromatic heterocycles. The number of benzene rings is 3. The fourth-order valence-corrected chi connectivity index (χ4v) is 3.55. The molecule has 5 rings (SSSR count). The molecule has 0 radical (unpaired) electrons. The molecule has 0 saturated heterocycles. The van der Waals surface area contributed by atoms with Crippen LogP contribution in [0, 0.1) is 0 Å².